The molecule has 1 aromatic heterocycles. The molecule has 0 aliphatic carbocycles. The molecule has 0 aromatic carbocycles. The lowest BCUT2D eigenvalue weighted by atomic mass is 10.1. The van der Waals surface area contributed by atoms with Crippen LogP contribution in [-0.4, -0.2) is 14.7 Å². The van der Waals surface area contributed by atoms with E-state index in [1.807, 2.05) is 17.8 Å². The molecule has 0 aliphatic heterocycles. The van der Waals surface area contributed by atoms with Gasteiger partial charge in [-0.15, -0.1) is 12.3 Å². The van der Waals surface area contributed by atoms with Crippen molar-refractivity contribution in [1.29, 1.82) is 0 Å². The van der Waals surface area contributed by atoms with E-state index in [2.05, 4.69) is 10.9 Å². The highest BCUT2D eigenvalue weighted by Crippen LogP contribution is 2.16. The summed E-state index contributed by atoms with van der Waals surface area (Å²) in [6.45, 7) is 0. The van der Waals surface area contributed by atoms with Crippen LogP contribution in [0, 0.1) is 12.3 Å². The maximum atomic E-state index is 9.62. The summed E-state index contributed by atoms with van der Waals surface area (Å²) in [6.07, 6.45) is 10.4. The number of hydrogen-bond acceptors (Lipinski definition) is 2. The molecule has 13 heavy (non-hydrogen) atoms. The number of terminal acetylenes is 1. The molecular weight excluding hydrogens is 164 g/mol. The summed E-state index contributed by atoms with van der Waals surface area (Å²) in [7, 11) is 1.88. The molecule has 0 spiro atoms. The first-order chi connectivity index (χ1) is 6.24. The Balaban J connectivity index is 2.40. The van der Waals surface area contributed by atoms with Gasteiger partial charge < -0.3 is 9.67 Å². The van der Waals surface area contributed by atoms with Crippen molar-refractivity contribution in [3.05, 3.63) is 18.2 Å². The van der Waals surface area contributed by atoms with Gasteiger partial charge in [-0.25, -0.2) is 4.98 Å². The second kappa shape index (κ2) is 4.68. The van der Waals surface area contributed by atoms with Crippen LogP contribution in [0.2, 0.25) is 0 Å². The molecule has 0 fully saturated rings. The molecule has 1 heterocycles. The molecule has 3 nitrogen and oxygen atoms in total. The highest BCUT2D eigenvalue weighted by Gasteiger charge is 2.08. The van der Waals surface area contributed by atoms with Gasteiger partial charge in [0.1, 0.15) is 0 Å². The maximum Gasteiger partial charge on any atom is 0.0975 e. The lowest BCUT2D eigenvalue weighted by molar-refractivity contribution is 0.161. The Kier molecular flexibility index (Phi) is 3.53. The highest BCUT2D eigenvalue weighted by atomic mass is 16.3. The molecule has 0 amide bonds. The van der Waals surface area contributed by atoms with Gasteiger partial charge in [0, 0.05) is 19.7 Å². The summed E-state index contributed by atoms with van der Waals surface area (Å²) in [5.74, 6) is 2.54. The van der Waals surface area contributed by atoms with Crippen LogP contribution in [0.5, 0.6) is 0 Å². The summed E-state index contributed by atoms with van der Waals surface area (Å²) in [5.41, 5.74) is 0.722. The second-order valence-electron chi connectivity index (χ2n) is 3.08. The van der Waals surface area contributed by atoms with E-state index in [9.17, 15) is 5.11 Å². The molecule has 0 radical (unpaired) electrons. The van der Waals surface area contributed by atoms with Crippen molar-refractivity contribution in [2.45, 2.75) is 25.4 Å². The van der Waals surface area contributed by atoms with Gasteiger partial charge in [0.25, 0.3) is 0 Å². The Hall–Kier alpha value is -1.27. The molecule has 1 N–H and O–H groups in total. The fourth-order valence-electron chi connectivity index (χ4n) is 1.15. The molecule has 70 valence electrons. The fourth-order valence-corrected chi connectivity index (χ4v) is 1.15. The van der Waals surface area contributed by atoms with Crippen molar-refractivity contribution < 1.29 is 5.11 Å². The van der Waals surface area contributed by atoms with Crippen LogP contribution >= 0.6 is 0 Å². The van der Waals surface area contributed by atoms with Gasteiger partial charge >= 0.3 is 0 Å². The van der Waals surface area contributed by atoms with Crippen LogP contribution in [-0.2, 0) is 7.05 Å². The van der Waals surface area contributed by atoms with Gasteiger partial charge in [0.05, 0.1) is 18.1 Å². The van der Waals surface area contributed by atoms with Crippen molar-refractivity contribution in [1.82, 2.24) is 9.55 Å². The third-order valence-electron chi connectivity index (χ3n) is 1.86. The lowest BCUT2D eigenvalue weighted by Gasteiger charge is -2.04. The molecule has 0 aliphatic rings. The minimum Gasteiger partial charge on any atom is -0.387 e. The number of aliphatic hydroxyl groups excluding tert-OH is 1. The number of imidazole rings is 1. The molecule has 0 saturated carbocycles. The molecule has 3 heteroatoms. The molecule has 0 bridgehead atoms. The van der Waals surface area contributed by atoms with Crippen LogP contribution in [0.1, 0.15) is 31.1 Å². The summed E-state index contributed by atoms with van der Waals surface area (Å²) in [4.78, 5) is 4.06. The quantitative estimate of drug-likeness (QED) is 0.556. The molecule has 1 atom stereocenters. The number of aryl methyl sites for hydroxylation is 1. The van der Waals surface area contributed by atoms with Crippen LogP contribution in [0.25, 0.3) is 0 Å². The smallest absolute Gasteiger partial charge is 0.0975 e. The largest absolute Gasteiger partial charge is 0.387 e. The van der Waals surface area contributed by atoms with Crippen molar-refractivity contribution >= 4 is 0 Å². The van der Waals surface area contributed by atoms with Crippen LogP contribution in [0.4, 0.5) is 0 Å². The molecule has 1 unspecified atom stereocenters. The van der Waals surface area contributed by atoms with E-state index < -0.39 is 6.10 Å². The summed E-state index contributed by atoms with van der Waals surface area (Å²) >= 11 is 0. The summed E-state index contributed by atoms with van der Waals surface area (Å²) in [6, 6.07) is 0. The van der Waals surface area contributed by atoms with E-state index in [0.717, 1.165) is 12.1 Å². The van der Waals surface area contributed by atoms with Crippen molar-refractivity contribution in [2.24, 2.45) is 7.05 Å². The van der Waals surface area contributed by atoms with Crippen molar-refractivity contribution in [3.63, 3.8) is 0 Å². The standard InChI is InChI=1S/C10H14N2O/c1-3-4-5-6-10(13)9-7-12(2)8-11-9/h1,7-8,10,13H,4-6H2,2H3. The van der Waals surface area contributed by atoms with Gasteiger partial charge in [0.2, 0.25) is 0 Å². The first-order valence-electron chi connectivity index (χ1n) is 4.33. The predicted molar refractivity (Wildman–Crippen MR) is 50.9 cm³/mol. The number of hydrogen-bond donors (Lipinski definition) is 1. The summed E-state index contributed by atoms with van der Waals surface area (Å²) in [5, 5.41) is 9.62. The third kappa shape index (κ3) is 2.92. The first-order valence-corrected chi connectivity index (χ1v) is 4.33. The number of unbranched alkanes of at least 4 members (excludes halogenated alkanes) is 1. The van der Waals surface area contributed by atoms with E-state index in [-0.39, 0.29) is 0 Å². The van der Waals surface area contributed by atoms with E-state index >= 15 is 0 Å². The zero-order chi connectivity index (χ0) is 9.68. The van der Waals surface area contributed by atoms with E-state index in [1.54, 1.807) is 6.33 Å². The monoisotopic (exact) mass is 178 g/mol. The van der Waals surface area contributed by atoms with Gasteiger partial charge in [-0.2, -0.15) is 0 Å². The Bertz CT molecular complexity index is 298. The molecular formula is C10H14N2O. The van der Waals surface area contributed by atoms with Crippen LogP contribution < -0.4 is 0 Å². The Morgan fingerprint density at radius 2 is 2.54 bits per heavy atom. The minimum atomic E-state index is -0.477. The fraction of sp³-hybridized carbons (Fsp3) is 0.500. The van der Waals surface area contributed by atoms with Crippen LogP contribution in [0.15, 0.2) is 12.5 Å². The molecule has 0 saturated heterocycles. The van der Waals surface area contributed by atoms with Gasteiger partial charge in [-0.3, -0.25) is 0 Å². The van der Waals surface area contributed by atoms with Crippen molar-refractivity contribution in [2.75, 3.05) is 0 Å². The number of rotatable bonds is 4. The maximum absolute atomic E-state index is 9.62. The molecule has 1 rings (SSSR count). The normalized spacial score (nSPS) is 12.4. The topological polar surface area (TPSA) is 38.0 Å². The average Bonchev–Trinajstić information content (AvgIpc) is 2.52. The Morgan fingerprint density at radius 3 is 3.08 bits per heavy atom. The lowest BCUT2D eigenvalue weighted by Crippen LogP contribution is -1.97. The number of aromatic nitrogens is 2. The number of nitrogens with zero attached hydrogens (tertiary/aromatic N) is 2. The Morgan fingerprint density at radius 1 is 1.77 bits per heavy atom. The summed E-state index contributed by atoms with van der Waals surface area (Å²) < 4.78 is 1.82. The highest BCUT2D eigenvalue weighted by molar-refractivity contribution is 5.00. The third-order valence-corrected chi connectivity index (χ3v) is 1.86. The van der Waals surface area contributed by atoms with E-state index in [1.165, 1.54) is 0 Å². The zero-order valence-corrected chi connectivity index (χ0v) is 7.77. The minimum absolute atomic E-state index is 0.477. The van der Waals surface area contributed by atoms with Gasteiger partial charge in [0.15, 0.2) is 0 Å². The molecule has 1 aromatic rings. The van der Waals surface area contributed by atoms with Crippen molar-refractivity contribution in [3.8, 4) is 12.3 Å². The first kappa shape index (κ1) is 9.82. The van der Waals surface area contributed by atoms with E-state index in [0.29, 0.717) is 12.8 Å². The SMILES string of the molecule is C#CCCCC(O)c1cn(C)cn1. The Labute approximate surface area is 78.4 Å². The number of aliphatic hydroxyl groups is 1. The predicted octanol–water partition coefficient (Wildman–Crippen LogP) is 1.26. The zero-order valence-electron chi connectivity index (χ0n) is 7.77. The average molecular weight is 178 g/mol. The second-order valence-corrected chi connectivity index (χ2v) is 3.08. The van der Waals surface area contributed by atoms with E-state index in [4.69, 9.17) is 6.42 Å². The van der Waals surface area contributed by atoms with Gasteiger partial charge in [-0.05, 0) is 12.8 Å². The van der Waals surface area contributed by atoms with Crippen LogP contribution in [0.3, 0.4) is 0 Å². The van der Waals surface area contributed by atoms with Gasteiger partial charge in [-0.1, -0.05) is 0 Å².